The van der Waals surface area contributed by atoms with Crippen LogP contribution in [0.25, 0.3) is 11.1 Å². The lowest BCUT2D eigenvalue weighted by Crippen LogP contribution is -1.93. The van der Waals surface area contributed by atoms with Gasteiger partial charge in [-0.1, -0.05) is 6.92 Å². The number of hydrogen-bond acceptors (Lipinski definition) is 4. The van der Waals surface area contributed by atoms with Gasteiger partial charge in [0.1, 0.15) is 0 Å². The summed E-state index contributed by atoms with van der Waals surface area (Å²) in [4.78, 5) is 8.51. The van der Waals surface area contributed by atoms with Crippen LogP contribution in [0.4, 0.5) is 0 Å². The van der Waals surface area contributed by atoms with Crippen molar-refractivity contribution in [2.45, 2.75) is 20.3 Å². The van der Waals surface area contributed by atoms with Crippen molar-refractivity contribution in [2.75, 3.05) is 7.11 Å². The van der Waals surface area contributed by atoms with Crippen molar-refractivity contribution < 1.29 is 9.15 Å². The van der Waals surface area contributed by atoms with Gasteiger partial charge in [-0.25, -0.2) is 9.97 Å². The van der Waals surface area contributed by atoms with E-state index in [1.165, 1.54) is 0 Å². The third-order valence-electron chi connectivity index (χ3n) is 2.06. The molecule has 0 radical (unpaired) electrons. The summed E-state index contributed by atoms with van der Waals surface area (Å²) >= 11 is 0. The van der Waals surface area contributed by atoms with E-state index in [1.54, 1.807) is 7.11 Å². The molecule has 0 spiro atoms. The molecule has 74 valence electrons. The Balaban J connectivity index is 2.72. The summed E-state index contributed by atoms with van der Waals surface area (Å²) in [5.41, 5.74) is 2.39. The van der Waals surface area contributed by atoms with Crippen LogP contribution in [-0.2, 0) is 6.42 Å². The molecule has 0 aliphatic heterocycles. The fraction of sp³-hybridized carbons (Fsp3) is 0.400. The van der Waals surface area contributed by atoms with Gasteiger partial charge in [0.25, 0.3) is 0 Å². The van der Waals surface area contributed by atoms with Gasteiger partial charge in [0.2, 0.25) is 5.88 Å². The molecule has 2 aromatic heterocycles. The fourth-order valence-corrected chi connectivity index (χ4v) is 1.38. The van der Waals surface area contributed by atoms with Crippen molar-refractivity contribution in [3.8, 4) is 5.88 Å². The fourth-order valence-electron chi connectivity index (χ4n) is 1.38. The van der Waals surface area contributed by atoms with Crippen molar-refractivity contribution in [1.29, 1.82) is 0 Å². The largest absolute Gasteiger partial charge is 0.479 e. The van der Waals surface area contributed by atoms with Crippen LogP contribution in [0, 0.1) is 6.92 Å². The SMILES string of the molecule is CCc1cc2oc(C)nc2c(OC)n1. The van der Waals surface area contributed by atoms with Crippen LogP contribution >= 0.6 is 0 Å². The van der Waals surface area contributed by atoms with Gasteiger partial charge in [0.05, 0.1) is 7.11 Å². The maximum atomic E-state index is 5.42. The molecule has 0 saturated carbocycles. The van der Waals surface area contributed by atoms with Crippen LogP contribution < -0.4 is 4.74 Å². The number of aryl methyl sites for hydroxylation is 2. The molecule has 0 atom stereocenters. The van der Waals surface area contributed by atoms with Gasteiger partial charge >= 0.3 is 0 Å². The van der Waals surface area contributed by atoms with Crippen molar-refractivity contribution >= 4 is 11.1 Å². The first-order chi connectivity index (χ1) is 6.74. The zero-order valence-corrected chi connectivity index (χ0v) is 8.50. The monoisotopic (exact) mass is 192 g/mol. The zero-order valence-electron chi connectivity index (χ0n) is 8.50. The Kier molecular flexibility index (Phi) is 2.11. The smallest absolute Gasteiger partial charge is 0.243 e. The number of methoxy groups -OCH3 is 1. The quantitative estimate of drug-likeness (QED) is 0.731. The first-order valence-electron chi connectivity index (χ1n) is 4.55. The van der Waals surface area contributed by atoms with Crippen molar-refractivity contribution in [1.82, 2.24) is 9.97 Å². The number of nitrogens with zero attached hydrogens (tertiary/aromatic N) is 2. The predicted molar refractivity (Wildman–Crippen MR) is 52.5 cm³/mol. The summed E-state index contributed by atoms with van der Waals surface area (Å²) in [5, 5.41) is 0. The molecule has 0 fully saturated rings. The van der Waals surface area contributed by atoms with Crippen LogP contribution in [0.2, 0.25) is 0 Å². The maximum absolute atomic E-state index is 5.42. The highest BCUT2D eigenvalue weighted by molar-refractivity contribution is 5.78. The highest BCUT2D eigenvalue weighted by Crippen LogP contribution is 2.24. The second kappa shape index (κ2) is 3.29. The maximum Gasteiger partial charge on any atom is 0.243 e. The third-order valence-corrected chi connectivity index (χ3v) is 2.06. The second-order valence-corrected chi connectivity index (χ2v) is 3.06. The molecule has 4 heteroatoms. The Morgan fingerprint density at radius 1 is 1.43 bits per heavy atom. The van der Waals surface area contributed by atoms with E-state index in [9.17, 15) is 0 Å². The van der Waals surface area contributed by atoms with Gasteiger partial charge in [0, 0.05) is 18.7 Å². The third kappa shape index (κ3) is 1.32. The minimum absolute atomic E-state index is 0.538. The molecule has 0 aliphatic carbocycles. The highest BCUT2D eigenvalue weighted by atomic mass is 16.5. The number of ether oxygens (including phenoxy) is 1. The summed E-state index contributed by atoms with van der Waals surface area (Å²) < 4.78 is 10.6. The molecule has 2 heterocycles. The molecule has 0 unspecified atom stereocenters. The molecular formula is C10H12N2O2. The van der Waals surface area contributed by atoms with Crippen molar-refractivity contribution in [3.05, 3.63) is 17.7 Å². The molecule has 0 aliphatic rings. The topological polar surface area (TPSA) is 48.2 Å². The van der Waals surface area contributed by atoms with Crippen LogP contribution in [0.5, 0.6) is 5.88 Å². The lowest BCUT2D eigenvalue weighted by atomic mass is 10.3. The number of hydrogen-bond donors (Lipinski definition) is 0. The Bertz CT molecular complexity index is 462. The van der Waals surface area contributed by atoms with E-state index in [0.29, 0.717) is 17.3 Å². The normalized spacial score (nSPS) is 10.8. The minimum Gasteiger partial charge on any atom is -0.479 e. The summed E-state index contributed by atoms with van der Waals surface area (Å²) in [7, 11) is 1.59. The molecule has 0 bridgehead atoms. The summed E-state index contributed by atoms with van der Waals surface area (Å²) in [5.74, 6) is 1.17. The average Bonchev–Trinajstić information content (AvgIpc) is 2.56. The lowest BCUT2D eigenvalue weighted by molar-refractivity contribution is 0.401. The van der Waals surface area contributed by atoms with Crippen LogP contribution in [0.15, 0.2) is 10.5 Å². The number of aromatic nitrogens is 2. The van der Waals surface area contributed by atoms with Crippen LogP contribution in [0.1, 0.15) is 18.5 Å². The molecule has 2 rings (SSSR count). The van der Waals surface area contributed by atoms with E-state index in [2.05, 4.69) is 9.97 Å². The summed E-state index contributed by atoms with van der Waals surface area (Å²) in [6, 6.07) is 1.90. The van der Waals surface area contributed by atoms with Gasteiger partial charge in [0.15, 0.2) is 17.0 Å². The lowest BCUT2D eigenvalue weighted by Gasteiger charge is -2.00. The molecule has 0 saturated heterocycles. The molecule has 4 nitrogen and oxygen atoms in total. The molecule has 0 amide bonds. The average molecular weight is 192 g/mol. The molecule has 2 aromatic rings. The number of fused-ring (bicyclic) bond motifs is 1. The van der Waals surface area contributed by atoms with Gasteiger partial charge in [-0.05, 0) is 6.42 Å². The Morgan fingerprint density at radius 2 is 2.21 bits per heavy atom. The first kappa shape index (κ1) is 8.99. The van der Waals surface area contributed by atoms with E-state index >= 15 is 0 Å². The molecular weight excluding hydrogens is 180 g/mol. The number of rotatable bonds is 2. The minimum atomic E-state index is 0.538. The van der Waals surface area contributed by atoms with Crippen molar-refractivity contribution in [3.63, 3.8) is 0 Å². The van der Waals surface area contributed by atoms with E-state index in [0.717, 1.165) is 17.7 Å². The molecule has 0 N–H and O–H groups in total. The summed E-state index contributed by atoms with van der Waals surface area (Å²) in [6.45, 7) is 3.85. The van der Waals surface area contributed by atoms with E-state index in [4.69, 9.17) is 9.15 Å². The van der Waals surface area contributed by atoms with Crippen molar-refractivity contribution in [2.24, 2.45) is 0 Å². The highest BCUT2D eigenvalue weighted by Gasteiger charge is 2.11. The van der Waals surface area contributed by atoms with Gasteiger partial charge < -0.3 is 9.15 Å². The Labute approximate surface area is 81.9 Å². The zero-order chi connectivity index (χ0) is 10.1. The van der Waals surface area contributed by atoms with Gasteiger partial charge in [-0.3, -0.25) is 0 Å². The molecule has 14 heavy (non-hydrogen) atoms. The van der Waals surface area contributed by atoms with Crippen LogP contribution in [0.3, 0.4) is 0 Å². The summed E-state index contributed by atoms with van der Waals surface area (Å²) in [6.07, 6.45) is 0.853. The predicted octanol–water partition coefficient (Wildman–Crippen LogP) is 2.10. The number of oxazole rings is 1. The van der Waals surface area contributed by atoms with Gasteiger partial charge in [-0.2, -0.15) is 0 Å². The number of pyridine rings is 1. The second-order valence-electron chi connectivity index (χ2n) is 3.06. The molecule has 0 aromatic carbocycles. The first-order valence-corrected chi connectivity index (χ1v) is 4.55. The van der Waals surface area contributed by atoms with Crippen LogP contribution in [-0.4, -0.2) is 17.1 Å². The standard InChI is InChI=1S/C10H12N2O2/c1-4-7-5-8-9(10(12-7)13-3)11-6(2)14-8/h5H,4H2,1-3H3. The van der Waals surface area contributed by atoms with E-state index in [-0.39, 0.29) is 0 Å². The van der Waals surface area contributed by atoms with E-state index in [1.807, 2.05) is 19.9 Å². The van der Waals surface area contributed by atoms with Gasteiger partial charge in [-0.15, -0.1) is 0 Å². The Morgan fingerprint density at radius 3 is 2.86 bits per heavy atom. The van der Waals surface area contributed by atoms with E-state index < -0.39 is 0 Å². The Hall–Kier alpha value is -1.58.